The highest BCUT2D eigenvalue weighted by molar-refractivity contribution is 5.76. The van der Waals surface area contributed by atoms with Crippen LogP contribution in [-0.4, -0.2) is 61.2 Å². The van der Waals surface area contributed by atoms with Crippen LogP contribution in [0.5, 0.6) is 5.75 Å². The van der Waals surface area contributed by atoms with Crippen molar-refractivity contribution in [1.82, 2.24) is 14.9 Å². The molecule has 2 aromatic rings. The summed E-state index contributed by atoms with van der Waals surface area (Å²) in [6.07, 6.45) is 2.22. The Hall–Kier alpha value is -2.67. The first-order valence-electron chi connectivity index (χ1n) is 10.6. The lowest BCUT2D eigenvalue weighted by atomic mass is 10.0. The average molecular weight is 413 g/mol. The minimum atomic E-state index is 0.245. The van der Waals surface area contributed by atoms with Crippen molar-refractivity contribution in [3.05, 3.63) is 46.9 Å². The van der Waals surface area contributed by atoms with Gasteiger partial charge in [-0.2, -0.15) is 0 Å². The molecule has 0 saturated carbocycles. The largest absolute Gasteiger partial charge is 0.497 e. The molecule has 1 aromatic heterocycles. The van der Waals surface area contributed by atoms with E-state index in [0.717, 1.165) is 61.2 Å². The Kier molecular flexibility index (Phi) is 7.63. The topological polar surface area (TPSA) is 67.8 Å². The maximum atomic E-state index is 12.3. The Morgan fingerprint density at radius 1 is 1.07 bits per heavy atom. The van der Waals surface area contributed by atoms with E-state index < -0.39 is 0 Å². The molecule has 1 saturated heterocycles. The summed E-state index contributed by atoms with van der Waals surface area (Å²) < 4.78 is 10.7. The van der Waals surface area contributed by atoms with Crippen LogP contribution in [0.3, 0.4) is 0 Å². The second-order valence-corrected chi connectivity index (χ2v) is 7.60. The van der Waals surface area contributed by atoms with Gasteiger partial charge in [0.05, 0.1) is 19.4 Å². The van der Waals surface area contributed by atoms with E-state index in [0.29, 0.717) is 19.4 Å². The van der Waals surface area contributed by atoms with Gasteiger partial charge in [0.15, 0.2) is 0 Å². The molecule has 7 nitrogen and oxygen atoms in total. The molecule has 0 atom stereocenters. The van der Waals surface area contributed by atoms with Gasteiger partial charge < -0.3 is 19.3 Å². The molecule has 0 aliphatic carbocycles. The van der Waals surface area contributed by atoms with Crippen molar-refractivity contribution in [2.45, 2.75) is 39.7 Å². The maximum Gasteiger partial charge on any atom is 0.222 e. The Morgan fingerprint density at radius 3 is 2.37 bits per heavy atom. The highest BCUT2D eigenvalue weighted by Gasteiger charge is 2.25. The van der Waals surface area contributed by atoms with Crippen LogP contribution >= 0.6 is 0 Å². The van der Waals surface area contributed by atoms with Crippen LogP contribution in [0.2, 0.25) is 0 Å². The van der Waals surface area contributed by atoms with E-state index in [9.17, 15) is 4.79 Å². The molecular formula is C23H32N4O3. The molecule has 0 N–H and O–H groups in total. The second-order valence-electron chi connectivity index (χ2n) is 7.60. The van der Waals surface area contributed by atoms with Crippen molar-refractivity contribution in [2.75, 3.05) is 45.3 Å². The van der Waals surface area contributed by atoms with Gasteiger partial charge in [0.25, 0.3) is 0 Å². The number of anilines is 1. The highest BCUT2D eigenvalue weighted by atomic mass is 16.5. The van der Waals surface area contributed by atoms with Crippen molar-refractivity contribution in [1.29, 1.82) is 0 Å². The van der Waals surface area contributed by atoms with Gasteiger partial charge in [-0.1, -0.05) is 19.1 Å². The molecular weight excluding hydrogens is 380 g/mol. The van der Waals surface area contributed by atoms with E-state index in [1.54, 1.807) is 14.2 Å². The first-order chi connectivity index (χ1) is 14.5. The van der Waals surface area contributed by atoms with Crippen molar-refractivity contribution >= 4 is 11.7 Å². The summed E-state index contributed by atoms with van der Waals surface area (Å²) in [7, 11) is 3.36. The number of nitrogens with zero attached hydrogens (tertiary/aromatic N) is 4. The van der Waals surface area contributed by atoms with Crippen LogP contribution < -0.4 is 9.64 Å². The van der Waals surface area contributed by atoms with Gasteiger partial charge in [-0.05, 0) is 31.0 Å². The van der Waals surface area contributed by atoms with E-state index in [2.05, 4.69) is 22.0 Å². The Balaban J connectivity index is 1.86. The van der Waals surface area contributed by atoms with Gasteiger partial charge in [0.2, 0.25) is 5.91 Å². The molecule has 30 heavy (non-hydrogen) atoms. The van der Waals surface area contributed by atoms with Crippen molar-refractivity contribution in [2.24, 2.45) is 0 Å². The molecule has 0 bridgehead atoms. The molecule has 1 aliphatic heterocycles. The summed E-state index contributed by atoms with van der Waals surface area (Å²) in [5.74, 6) is 2.77. The molecule has 0 spiro atoms. The summed E-state index contributed by atoms with van der Waals surface area (Å²) in [4.78, 5) is 26.0. The zero-order chi connectivity index (χ0) is 21.5. The van der Waals surface area contributed by atoms with Crippen LogP contribution in [0.1, 0.15) is 42.4 Å². The van der Waals surface area contributed by atoms with E-state index >= 15 is 0 Å². The lowest BCUT2D eigenvalue weighted by molar-refractivity contribution is -0.131. The number of aryl methyl sites for hydroxylation is 1. The highest BCUT2D eigenvalue weighted by Crippen LogP contribution is 2.27. The van der Waals surface area contributed by atoms with Crippen LogP contribution in [0, 0.1) is 6.92 Å². The van der Waals surface area contributed by atoms with Crippen LogP contribution in [0.15, 0.2) is 24.3 Å². The third-order valence-corrected chi connectivity index (χ3v) is 5.40. The molecule has 3 rings (SSSR count). The predicted molar refractivity (Wildman–Crippen MR) is 117 cm³/mol. The van der Waals surface area contributed by atoms with Crippen LogP contribution in [0.4, 0.5) is 5.82 Å². The normalized spacial score (nSPS) is 14.1. The number of hydrogen-bond acceptors (Lipinski definition) is 6. The fourth-order valence-corrected chi connectivity index (χ4v) is 3.82. The minimum Gasteiger partial charge on any atom is -0.497 e. The van der Waals surface area contributed by atoms with Gasteiger partial charge in [-0.3, -0.25) is 4.79 Å². The van der Waals surface area contributed by atoms with Gasteiger partial charge in [-0.25, -0.2) is 9.97 Å². The number of carbonyl (C=O) groups is 1. The SMILES string of the molecule is CCCC(=O)N1CCN(c2nc(C)nc(COC)c2Cc2ccc(OC)cc2)CC1. The summed E-state index contributed by atoms with van der Waals surface area (Å²) in [6.45, 7) is 7.40. The van der Waals surface area contributed by atoms with E-state index in [4.69, 9.17) is 14.5 Å². The van der Waals surface area contributed by atoms with Crippen molar-refractivity contribution < 1.29 is 14.3 Å². The smallest absolute Gasteiger partial charge is 0.222 e. The zero-order valence-electron chi connectivity index (χ0n) is 18.5. The van der Waals surface area contributed by atoms with E-state index in [1.807, 2.05) is 30.9 Å². The number of benzene rings is 1. The molecule has 1 aliphatic rings. The molecule has 1 fully saturated rings. The van der Waals surface area contributed by atoms with Crippen LogP contribution in [0.25, 0.3) is 0 Å². The number of methoxy groups -OCH3 is 2. The molecule has 1 aromatic carbocycles. The third-order valence-electron chi connectivity index (χ3n) is 5.40. The maximum absolute atomic E-state index is 12.3. The monoisotopic (exact) mass is 412 g/mol. The Bertz CT molecular complexity index is 846. The number of amides is 1. The number of rotatable bonds is 8. The first kappa shape index (κ1) is 22.0. The molecule has 1 amide bonds. The third kappa shape index (κ3) is 5.27. The zero-order valence-corrected chi connectivity index (χ0v) is 18.5. The first-order valence-corrected chi connectivity index (χ1v) is 10.6. The fraction of sp³-hybridized carbons (Fsp3) is 0.522. The number of carbonyl (C=O) groups excluding carboxylic acids is 1. The predicted octanol–water partition coefficient (Wildman–Crippen LogP) is 2.98. The van der Waals surface area contributed by atoms with Crippen molar-refractivity contribution in [3.63, 3.8) is 0 Å². The number of ether oxygens (including phenoxy) is 2. The van der Waals surface area contributed by atoms with Gasteiger partial charge in [0, 0.05) is 51.7 Å². The van der Waals surface area contributed by atoms with Gasteiger partial charge >= 0.3 is 0 Å². The Labute approximate surface area is 179 Å². The van der Waals surface area contributed by atoms with Gasteiger partial charge in [-0.15, -0.1) is 0 Å². The second kappa shape index (κ2) is 10.4. The lowest BCUT2D eigenvalue weighted by Gasteiger charge is -2.36. The standard InChI is InChI=1S/C23H32N4O3/c1-5-6-22(28)26-11-13-27(14-12-26)23-20(21(16-29-3)24-17(2)25-23)15-18-7-9-19(30-4)10-8-18/h7-10H,5-6,11-16H2,1-4H3. The molecule has 0 radical (unpaired) electrons. The average Bonchev–Trinajstić information content (AvgIpc) is 2.76. The molecule has 162 valence electrons. The Morgan fingerprint density at radius 2 is 1.77 bits per heavy atom. The summed E-state index contributed by atoms with van der Waals surface area (Å²) >= 11 is 0. The lowest BCUT2D eigenvalue weighted by Crippen LogP contribution is -2.49. The molecule has 7 heteroatoms. The number of aromatic nitrogens is 2. The van der Waals surface area contributed by atoms with Crippen molar-refractivity contribution in [3.8, 4) is 5.75 Å². The van der Waals surface area contributed by atoms with E-state index in [-0.39, 0.29) is 5.91 Å². The fourth-order valence-electron chi connectivity index (χ4n) is 3.82. The van der Waals surface area contributed by atoms with E-state index in [1.165, 1.54) is 5.56 Å². The number of piperazine rings is 1. The quantitative estimate of drug-likeness (QED) is 0.664. The van der Waals surface area contributed by atoms with Gasteiger partial charge in [0.1, 0.15) is 17.4 Å². The summed E-state index contributed by atoms with van der Waals surface area (Å²) in [6, 6.07) is 8.08. The molecule has 0 unspecified atom stereocenters. The summed E-state index contributed by atoms with van der Waals surface area (Å²) in [5, 5.41) is 0. The molecule has 2 heterocycles. The van der Waals surface area contributed by atoms with Crippen LogP contribution in [-0.2, 0) is 22.6 Å². The summed E-state index contributed by atoms with van der Waals surface area (Å²) in [5.41, 5.74) is 3.17. The number of hydrogen-bond donors (Lipinski definition) is 0. The minimum absolute atomic E-state index is 0.245.